The quantitative estimate of drug-likeness (QED) is 0.804. The number of carbonyl (C=O) groups excluding carboxylic acids is 1. The van der Waals surface area contributed by atoms with E-state index in [1.165, 1.54) is 7.11 Å². The van der Waals surface area contributed by atoms with Crippen molar-refractivity contribution in [1.82, 2.24) is 9.88 Å². The molecule has 0 amide bonds. The first-order chi connectivity index (χ1) is 10.7. The molecule has 3 rings (SSSR count). The zero-order chi connectivity index (χ0) is 15.5. The van der Waals surface area contributed by atoms with Gasteiger partial charge >= 0.3 is 5.97 Å². The number of nitrogens with zero attached hydrogens (tertiary/aromatic N) is 2. The number of hydrogen-bond acceptors (Lipinski definition) is 7. The fourth-order valence-electron chi connectivity index (χ4n) is 2.56. The van der Waals surface area contributed by atoms with Gasteiger partial charge in [0.15, 0.2) is 6.10 Å². The molecule has 0 unspecified atom stereocenters. The monoisotopic (exact) mass is 322 g/mol. The van der Waals surface area contributed by atoms with Gasteiger partial charge in [-0.2, -0.15) is 0 Å². The lowest BCUT2D eigenvalue weighted by atomic mass is 10.2. The van der Waals surface area contributed by atoms with Gasteiger partial charge in [0, 0.05) is 30.6 Å². The van der Waals surface area contributed by atoms with E-state index in [0.29, 0.717) is 13.1 Å². The highest BCUT2D eigenvalue weighted by molar-refractivity contribution is 7.13. The third-order valence-electron chi connectivity index (χ3n) is 3.51. The third kappa shape index (κ3) is 3.37. The van der Waals surface area contributed by atoms with Gasteiger partial charge in [-0.1, -0.05) is 0 Å². The Kier molecular flexibility index (Phi) is 4.56. The molecule has 0 saturated carbocycles. The number of rotatable bonds is 4. The number of ether oxygens (including phenoxy) is 2. The average molecular weight is 322 g/mol. The fourth-order valence-corrected chi connectivity index (χ4v) is 3.35. The topological polar surface area (TPSA) is 64.8 Å². The fraction of sp³-hybridized carbons (Fsp3) is 0.467. The molecule has 6 nitrogen and oxygen atoms in total. The smallest absolute Gasteiger partial charge is 0.336 e. The van der Waals surface area contributed by atoms with E-state index in [-0.39, 0.29) is 12.1 Å². The molecular weight excluding hydrogens is 304 g/mol. The SMILES string of the molecule is COC(=O)[C@H]1CN(Cc2csc(-c3ccoc3)n2)C[C@@H](C)O1. The number of carbonyl (C=O) groups is 1. The molecule has 1 aliphatic heterocycles. The number of aromatic nitrogens is 1. The molecule has 0 spiro atoms. The zero-order valence-electron chi connectivity index (χ0n) is 12.5. The van der Waals surface area contributed by atoms with Gasteiger partial charge in [0.2, 0.25) is 0 Å². The number of thiazole rings is 1. The highest BCUT2D eigenvalue weighted by Gasteiger charge is 2.31. The van der Waals surface area contributed by atoms with Gasteiger partial charge in [-0.15, -0.1) is 11.3 Å². The first-order valence-electron chi connectivity index (χ1n) is 7.08. The lowest BCUT2D eigenvalue weighted by Gasteiger charge is -2.34. The summed E-state index contributed by atoms with van der Waals surface area (Å²) in [4.78, 5) is 18.5. The van der Waals surface area contributed by atoms with Crippen molar-refractivity contribution in [2.24, 2.45) is 0 Å². The van der Waals surface area contributed by atoms with Gasteiger partial charge in [-0.25, -0.2) is 9.78 Å². The molecule has 0 bridgehead atoms. The standard InChI is InChI=1S/C15H18N2O4S/c1-10-5-17(7-13(21-10)15(18)19-2)6-12-9-22-14(16-12)11-3-4-20-8-11/h3-4,8-10,13H,5-7H2,1-2H3/t10-,13-/m1/s1. The number of methoxy groups -OCH3 is 1. The Hall–Kier alpha value is -1.70. The van der Waals surface area contributed by atoms with E-state index in [1.807, 2.05) is 18.4 Å². The van der Waals surface area contributed by atoms with Crippen molar-refractivity contribution in [1.29, 1.82) is 0 Å². The van der Waals surface area contributed by atoms with Crippen molar-refractivity contribution >= 4 is 17.3 Å². The molecule has 0 aliphatic carbocycles. The summed E-state index contributed by atoms with van der Waals surface area (Å²) < 4.78 is 15.5. The molecule has 118 valence electrons. The molecular formula is C15H18N2O4S. The lowest BCUT2D eigenvalue weighted by molar-refractivity contribution is -0.166. The van der Waals surface area contributed by atoms with Crippen LogP contribution in [0.25, 0.3) is 10.6 Å². The Balaban J connectivity index is 1.66. The summed E-state index contributed by atoms with van der Waals surface area (Å²) >= 11 is 1.59. The predicted molar refractivity (Wildman–Crippen MR) is 81.4 cm³/mol. The zero-order valence-corrected chi connectivity index (χ0v) is 13.3. The van der Waals surface area contributed by atoms with Crippen LogP contribution in [0.1, 0.15) is 12.6 Å². The van der Waals surface area contributed by atoms with Gasteiger partial charge < -0.3 is 13.9 Å². The van der Waals surface area contributed by atoms with Crippen LogP contribution in [-0.2, 0) is 20.8 Å². The van der Waals surface area contributed by atoms with E-state index in [2.05, 4.69) is 9.88 Å². The van der Waals surface area contributed by atoms with E-state index in [1.54, 1.807) is 23.9 Å². The van der Waals surface area contributed by atoms with Crippen molar-refractivity contribution in [3.63, 3.8) is 0 Å². The maximum atomic E-state index is 11.7. The van der Waals surface area contributed by atoms with E-state index >= 15 is 0 Å². The average Bonchev–Trinajstić information content (AvgIpc) is 3.16. The minimum atomic E-state index is -0.527. The number of furan rings is 1. The molecule has 1 fully saturated rings. The van der Waals surface area contributed by atoms with Crippen molar-refractivity contribution in [2.45, 2.75) is 25.7 Å². The van der Waals surface area contributed by atoms with E-state index in [9.17, 15) is 4.79 Å². The second-order valence-electron chi connectivity index (χ2n) is 5.31. The summed E-state index contributed by atoms with van der Waals surface area (Å²) in [5.74, 6) is -0.325. The minimum Gasteiger partial charge on any atom is -0.472 e. The first-order valence-corrected chi connectivity index (χ1v) is 7.96. The Morgan fingerprint density at radius 2 is 2.41 bits per heavy atom. The molecule has 1 saturated heterocycles. The summed E-state index contributed by atoms with van der Waals surface area (Å²) in [5, 5.41) is 2.98. The van der Waals surface area contributed by atoms with Crippen LogP contribution in [0.5, 0.6) is 0 Å². The molecule has 0 radical (unpaired) electrons. The van der Waals surface area contributed by atoms with Crippen LogP contribution in [0.3, 0.4) is 0 Å². The number of hydrogen-bond donors (Lipinski definition) is 0. The maximum Gasteiger partial charge on any atom is 0.336 e. The molecule has 0 N–H and O–H groups in total. The molecule has 1 aliphatic rings. The molecule has 7 heteroatoms. The molecule has 0 aromatic carbocycles. The van der Waals surface area contributed by atoms with Crippen LogP contribution in [0.2, 0.25) is 0 Å². The summed E-state index contributed by atoms with van der Waals surface area (Å²) in [6.45, 7) is 3.94. The molecule has 3 heterocycles. The Bertz CT molecular complexity index is 625. The van der Waals surface area contributed by atoms with Crippen molar-refractivity contribution in [3.05, 3.63) is 29.7 Å². The maximum absolute atomic E-state index is 11.7. The van der Waals surface area contributed by atoms with Crippen LogP contribution in [0.4, 0.5) is 0 Å². The van der Waals surface area contributed by atoms with E-state index in [4.69, 9.17) is 13.9 Å². The molecule has 22 heavy (non-hydrogen) atoms. The third-order valence-corrected chi connectivity index (χ3v) is 4.45. The largest absolute Gasteiger partial charge is 0.472 e. The van der Waals surface area contributed by atoms with Crippen molar-refractivity contribution in [3.8, 4) is 10.6 Å². The highest BCUT2D eigenvalue weighted by atomic mass is 32.1. The number of morpholine rings is 1. The lowest BCUT2D eigenvalue weighted by Crippen LogP contribution is -2.49. The Morgan fingerprint density at radius 1 is 1.55 bits per heavy atom. The van der Waals surface area contributed by atoms with Crippen molar-refractivity contribution in [2.75, 3.05) is 20.2 Å². The number of esters is 1. The van der Waals surface area contributed by atoms with Gasteiger partial charge in [0.05, 0.1) is 25.2 Å². The van der Waals surface area contributed by atoms with Gasteiger partial charge in [0.25, 0.3) is 0 Å². The minimum absolute atomic E-state index is 0.00942. The second kappa shape index (κ2) is 6.60. The first kappa shape index (κ1) is 15.2. The van der Waals surface area contributed by atoms with Crippen LogP contribution in [0.15, 0.2) is 28.4 Å². The summed E-state index contributed by atoms with van der Waals surface area (Å²) in [6, 6.07) is 1.90. The highest BCUT2D eigenvalue weighted by Crippen LogP contribution is 2.25. The van der Waals surface area contributed by atoms with Crippen LogP contribution in [0, 0.1) is 0 Å². The molecule has 2 aromatic rings. The predicted octanol–water partition coefficient (Wildman–Crippen LogP) is 2.17. The van der Waals surface area contributed by atoms with Crippen molar-refractivity contribution < 1.29 is 18.7 Å². The normalized spacial score (nSPS) is 22.6. The van der Waals surface area contributed by atoms with Crippen LogP contribution >= 0.6 is 11.3 Å². The van der Waals surface area contributed by atoms with Gasteiger partial charge in [-0.05, 0) is 13.0 Å². The van der Waals surface area contributed by atoms with Gasteiger partial charge in [-0.3, -0.25) is 4.90 Å². The summed E-state index contributed by atoms with van der Waals surface area (Å²) in [5.41, 5.74) is 1.97. The molecule has 2 atom stereocenters. The molecule has 2 aromatic heterocycles. The Morgan fingerprint density at radius 3 is 3.14 bits per heavy atom. The van der Waals surface area contributed by atoms with E-state index < -0.39 is 6.10 Å². The Labute approximate surface area is 132 Å². The second-order valence-corrected chi connectivity index (χ2v) is 6.17. The summed E-state index contributed by atoms with van der Waals surface area (Å²) in [6.07, 6.45) is 2.79. The van der Waals surface area contributed by atoms with Crippen LogP contribution in [-0.4, -0.2) is 48.3 Å². The van der Waals surface area contributed by atoms with Crippen LogP contribution < -0.4 is 0 Å². The summed E-state index contributed by atoms with van der Waals surface area (Å²) in [7, 11) is 1.38. The van der Waals surface area contributed by atoms with E-state index in [0.717, 1.165) is 22.8 Å². The van der Waals surface area contributed by atoms with Gasteiger partial charge in [0.1, 0.15) is 11.3 Å².